The van der Waals surface area contributed by atoms with Crippen LogP contribution in [0.1, 0.15) is 26.3 Å². The van der Waals surface area contributed by atoms with Crippen LogP contribution in [0.15, 0.2) is 16.6 Å². The summed E-state index contributed by atoms with van der Waals surface area (Å²) < 4.78 is 9.67. The fourth-order valence-corrected chi connectivity index (χ4v) is 2.15. The zero-order chi connectivity index (χ0) is 13.0. The van der Waals surface area contributed by atoms with Crippen LogP contribution in [0.2, 0.25) is 0 Å². The van der Waals surface area contributed by atoms with E-state index in [2.05, 4.69) is 41.3 Å². The molecule has 0 radical (unpaired) electrons. The maximum absolute atomic E-state index is 11.5. The summed E-state index contributed by atoms with van der Waals surface area (Å²) in [6.45, 7) is 0. The fraction of sp³-hybridized carbons (Fsp3) is 0.273. The number of carbonyl (C=O) groups excluding carboxylic acids is 2. The van der Waals surface area contributed by atoms with E-state index in [9.17, 15) is 9.59 Å². The van der Waals surface area contributed by atoms with Gasteiger partial charge in [-0.25, -0.2) is 9.59 Å². The van der Waals surface area contributed by atoms with Gasteiger partial charge in [0.15, 0.2) is 0 Å². The van der Waals surface area contributed by atoms with Crippen LogP contribution in [0, 0.1) is 0 Å². The minimum Gasteiger partial charge on any atom is -0.465 e. The van der Waals surface area contributed by atoms with Gasteiger partial charge in [-0.3, -0.25) is 0 Å². The summed E-state index contributed by atoms with van der Waals surface area (Å²) >= 11 is 6.48. The van der Waals surface area contributed by atoms with E-state index in [4.69, 9.17) is 0 Å². The largest absolute Gasteiger partial charge is 0.465 e. The molecule has 92 valence electrons. The number of esters is 2. The van der Waals surface area contributed by atoms with Gasteiger partial charge in [0.25, 0.3) is 0 Å². The van der Waals surface area contributed by atoms with Crippen molar-refractivity contribution < 1.29 is 19.1 Å². The number of ether oxygens (including phenoxy) is 2. The van der Waals surface area contributed by atoms with Crippen LogP contribution in [0.5, 0.6) is 0 Å². The van der Waals surface area contributed by atoms with E-state index >= 15 is 0 Å². The molecule has 0 aromatic heterocycles. The van der Waals surface area contributed by atoms with Crippen LogP contribution in [0.3, 0.4) is 0 Å². The van der Waals surface area contributed by atoms with Gasteiger partial charge in [-0.15, -0.1) is 0 Å². The van der Waals surface area contributed by atoms with Crippen molar-refractivity contribution >= 4 is 43.8 Å². The Bertz CT molecular complexity index is 420. The molecule has 0 aliphatic carbocycles. The number of alkyl halides is 1. The summed E-state index contributed by atoms with van der Waals surface area (Å²) in [7, 11) is 2.57. The molecular formula is C11H10Br2O4. The van der Waals surface area contributed by atoms with Crippen molar-refractivity contribution in [1.82, 2.24) is 0 Å². The minimum atomic E-state index is -0.509. The average Bonchev–Trinajstić information content (AvgIpc) is 2.37. The standard InChI is InChI=1S/C11H10Br2O4/c1-16-10(14)7-3-6(5-12)4-8(9(7)13)11(15)17-2/h3-4H,5H2,1-2H3. The predicted octanol–water partition coefficient (Wildman–Crippen LogP) is 2.92. The van der Waals surface area contributed by atoms with Gasteiger partial charge < -0.3 is 9.47 Å². The third-order valence-corrected chi connectivity index (χ3v) is 3.60. The lowest BCUT2D eigenvalue weighted by Gasteiger charge is -2.09. The molecule has 0 heterocycles. The third-order valence-electron chi connectivity index (χ3n) is 2.10. The minimum absolute atomic E-state index is 0.296. The Balaban J connectivity index is 3.40. The maximum atomic E-state index is 11.5. The summed E-state index contributed by atoms with van der Waals surface area (Å²) in [6, 6.07) is 3.30. The van der Waals surface area contributed by atoms with Crippen LogP contribution in [-0.4, -0.2) is 26.2 Å². The van der Waals surface area contributed by atoms with E-state index in [1.54, 1.807) is 12.1 Å². The predicted molar refractivity (Wildman–Crippen MR) is 69.5 cm³/mol. The second-order valence-electron chi connectivity index (χ2n) is 3.12. The molecule has 0 saturated heterocycles. The van der Waals surface area contributed by atoms with Crippen LogP contribution < -0.4 is 0 Å². The van der Waals surface area contributed by atoms with Crippen LogP contribution in [-0.2, 0) is 14.8 Å². The third kappa shape index (κ3) is 3.07. The van der Waals surface area contributed by atoms with Gasteiger partial charge in [0.1, 0.15) is 0 Å². The normalized spacial score (nSPS) is 9.88. The first kappa shape index (κ1) is 14.2. The van der Waals surface area contributed by atoms with E-state index in [-0.39, 0.29) is 0 Å². The molecule has 0 aliphatic rings. The highest BCUT2D eigenvalue weighted by Crippen LogP contribution is 2.26. The molecule has 1 rings (SSSR count). The molecule has 0 spiro atoms. The SMILES string of the molecule is COC(=O)c1cc(CBr)cc(C(=O)OC)c1Br. The number of rotatable bonds is 3. The average molecular weight is 366 g/mol. The van der Waals surface area contributed by atoms with E-state index < -0.39 is 11.9 Å². The summed E-state index contributed by atoms with van der Waals surface area (Å²) in [5, 5.41) is 0.522. The smallest absolute Gasteiger partial charge is 0.339 e. The molecule has 0 amide bonds. The number of halogens is 2. The van der Waals surface area contributed by atoms with Crippen LogP contribution in [0.4, 0.5) is 0 Å². The van der Waals surface area contributed by atoms with Crippen molar-refractivity contribution in [2.75, 3.05) is 14.2 Å². The van der Waals surface area contributed by atoms with E-state index in [1.807, 2.05) is 0 Å². The van der Waals surface area contributed by atoms with Crippen molar-refractivity contribution in [1.29, 1.82) is 0 Å². The highest BCUT2D eigenvalue weighted by atomic mass is 79.9. The number of hydrogen-bond donors (Lipinski definition) is 0. The lowest BCUT2D eigenvalue weighted by Crippen LogP contribution is -2.09. The Kier molecular flexibility index (Phi) is 5.14. The first-order valence-corrected chi connectivity index (χ1v) is 6.51. The highest BCUT2D eigenvalue weighted by molar-refractivity contribution is 9.10. The number of methoxy groups -OCH3 is 2. The van der Waals surface area contributed by atoms with Gasteiger partial charge in [-0.1, -0.05) is 15.9 Å². The van der Waals surface area contributed by atoms with Crippen molar-refractivity contribution in [3.8, 4) is 0 Å². The molecular weight excluding hydrogens is 356 g/mol. The Morgan fingerprint density at radius 2 is 1.53 bits per heavy atom. The quantitative estimate of drug-likeness (QED) is 0.610. The topological polar surface area (TPSA) is 52.6 Å². The molecule has 17 heavy (non-hydrogen) atoms. The van der Waals surface area contributed by atoms with Gasteiger partial charge in [0, 0.05) is 9.80 Å². The molecule has 0 N–H and O–H groups in total. The van der Waals surface area contributed by atoms with Gasteiger partial charge in [0.2, 0.25) is 0 Å². The monoisotopic (exact) mass is 364 g/mol. The summed E-state index contributed by atoms with van der Waals surface area (Å²) in [4.78, 5) is 23.1. The second-order valence-corrected chi connectivity index (χ2v) is 4.48. The van der Waals surface area contributed by atoms with E-state index in [0.29, 0.717) is 20.9 Å². The Morgan fingerprint density at radius 1 is 1.12 bits per heavy atom. The zero-order valence-electron chi connectivity index (χ0n) is 9.25. The molecule has 6 heteroatoms. The molecule has 0 unspecified atom stereocenters. The van der Waals surface area contributed by atoms with E-state index in [0.717, 1.165) is 5.56 Å². The van der Waals surface area contributed by atoms with Gasteiger partial charge in [0.05, 0.1) is 25.3 Å². The first-order valence-electron chi connectivity index (χ1n) is 4.60. The summed E-state index contributed by atoms with van der Waals surface area (Å²) in [5.74, 6) is -1.02. The van der Waals surface area contributed by atoms with Gasteiger partial charge in [-0.2, -0.15) is 0 Å². The van der Waals surface area contributed by atoms with Crippen molar-refractivity contribution in [2.45, 2.75) is 5.33 Å². The molecule has 0 aliphatic heterocycles. The summed E-state index contributed by atoms with van der Waals surface area (Å²) in [6.07, 6.45) is 0. The summed E-state index contributed by atoms with van der Waals surface area (Å²) in [5.41, 5.74) is 1.38. The van der Waals surface area contributed by atoms with Crippen LogP contribution in [0.25, 0.3) is 0 Å². The Hall–Kier alpha value is -0.880. The van der Waals surface area contributed by atoms with E-state index in [1.165, 1.54) is 14.2 Å². The van der Waals surface area contributed by atoms with Crippen molar-refractivity contribution in [2.24, 2.45) is 0 Å². The molecule has 0 saturated carbocycles. The zero-order valence-corrected chi connectivity index (χ0v) is 12.4. The molecule has 0 atom stereocenters. The Morgan fingerprint density at radius 3 is 1.82 bits per heavy atom. The molecule has 4 nitrogen and oxygen atoms in total. The molecule has 0 bridgehead atoms. The second kappa shape index (κ2) is 6.16. The number of hydrogen-bond acceptors (Lipinski definition) is 4. The number of benzene rings is 1. The highest BCUT2D eigenvalue weighted by Gasteiger charge is 2.19. The lowest BCUT2D eigenvalue weighted by atomic mass is 10.1. The lowest BCUT2D eigenvalue weighted by molar-refractivity contribution is 0.0597. The first-order chi connectivity index (χ1) is 8.04. The van der Waals surface area contributed by atoms with Crippen LogP contribution >= 0.6 is 31.9 Å². The van der Waals surface area contributed by atoms with Crippen molar-refractivity contribution in [3.63, 3.8) is 0 Å². The fourth-order valence-electron chi connectivity index (χ4n) is 1.28. The van der Waals surface area contributed by atoms with Gasteiger partial charge in [-0.05, 0) is 33.6 Å². The van der Waals surface area contributed by atoms with Crippen molar-refractivity contribution in [3.05, 3.63) is 33.3 Å². The molecule has 1 aromatic rings. The number of carbonyl (C=O) groups is 2. The molecule has 0 fully saturated rings. The Labute approximate surface area is 116 Å². The maximum Gasteiger partial charge on any atom is 0.339 e. The van der Waals surface area contributed by atoms with Gasteiger partial charge >= 0.3 is 11.9 Å². The molecule has 1 aromatic carbocycles.